The third-order valence-corrected chi connectivity index (χ3v) is 17.9. The molecule has 1 aromatic heterocycles. The number of benzene rings is 4. The molecule has 10 rings (SSSR count). The number of hydrogen-bond acceptors (Lipinski definition) is 7. The molecule has 0 radical (unpaired) electrons. The van der Waals surface area contributed by atoms with Gasteiger partial charge in [0.1, 0.15) is 17.5 Å². The zero-order valence-electron chi connectivity index (χ0n) is 42.2. The number of piperidine rings is 1. The van der Waals surface area contributed by atoms with E-state index in [0.29, 0.717) is 42.8 Å². The molecule has 12 heteroatoms. The average molecular weight is 982 g/mol. The molecule has 9 nitrogen and oxygen atoms in total. The fourth-order valence-corrected chi connectivity index (χ4v) is 13.6. The number of primary amides is 1. The number of fused-ring (bicyclic) bond motifs is 2. The van der Waals surface area contributed by atoms with Crippen LogP contribution in [-0.2, 0) is 25.3 Å². The van der Waals surface area contributed by atoms with Crippen molar-refractivity contribution >= 4 is 34.2 Å². The monoisotopic (exact) mass is 981 g/mol. The molecule has 1 amide bonds. The fourth-order valence-electron chi connectivity index (χ4n) is 13.4. The smallest absolute Gasteiger partial charge is 0.249 e. The zero-order chi connectivity index (χ0) is 49.9. The first-order chi connectivity index (χ1) is 34.1. The summed E-state index contributed by atoms with van der Waals surface area (Å²) in [6, 6.07) is 22.3. The molecule has 2 aliphatic carbocycles. The summed E-state index contributed by atoms with van der Waals surface area (Å²) in [7, 11) is 2.04. The van der Waals surface area contributed by atoms with Gasteiger partial charge in [-0.2, -0.15) is 5.10 Å². The Kier molecular flexibility index (Phi) is 13.5. The van der Waals surface area contributed by atoms with E-state index in [9.17, 15) is 4.79 Å². The number of carbonyl (C=O) groups excluding carboxylic acids is 1. The number of allylic oxidation sites excluding steroid dienone is 1. The van der Waals surface area contributed by atoms with Crippen LogP contribution in [-0.4, -0.2) is 77.3 Å². The van der Waals surface area contributed by atoms with E-state index in [0.717, 1.165) is 124 Å². The average Bonchev–Trinajstić information content (AvgIpc) is 4.01. The second kappa shape index (κ2) is 19.5. The quantitative estimate of drug-likeness (QED) is 0.108. The summed E-state index contributed by atoms with van der Waals surface area (Å²) in [6.07, 6.45) is 9.52. The predicted octanol–water partition coefficient (Wildman–Crippen LogP) is 11.5. The number of nitrogens with zero attached hydrogens (tertiary/aromatic N) is 5. The summed E-state index contributed by atoms with van der Waals surface area (Å²) in [5.41, 5.74) is 13.8. The van der Waals surface area contributed by atoms with Gasteiger partial charge in [-0.05, 0) is 146 Å². The Balaban J connectivity index is 0.754. The number of amides is 1. The highest BCUT2D eigenvalue weighted by Gasteiger charge is 2.48. The maximum Gasteiger partial charge on any atom is 0.249 e. The van der Waals surface area contributed by atoms with Gasteiger partial charge in [-0.1, -0.05) is 94.6 Å². The number of aromatic nitrogens is 2. The summed E-state index contributed by atoms with van der Waals surface area (Å²) < 4.78 is 34.4. The van der Waals surface area contributed by atoms with Gasteiger partial charge in [0.15, 0.2) is 5.82 Å². The second-order valence-electron chi connectivity index (χ2n) is 22.0. The molecule has 1 saturated carbocycles. The molecule has 3 atom stereocenters. The largest absolute Gasteiger partial charge is 0.374 e. The molecule has 71 heavy (non-hydrogen) atoms. The van der Waals surface area contributed by atoms with Crippen molar-refractivity contribution in [1.29, 1.82) is 0 Å². The summed E-state index contributed by atoms with van der Waals surface area (Å²) in [6.45, 7) is 26.5. The first kappa shape index (κ1) is 49.1. The standard InChI is InChI=1S/C59H71ClF2N8O/c1-8-40-16-21-48(56(63)71)52(55(40)62)53-51-37(3)59(45-12-10-9-11-13-45,32-44(51)30-49(61)54(53)60)33-64-46-18-14-41(15-19-46)38(4)69-29-25-58(6,35-69)34-68-26-23-42(24-27-68)43-17-20-47-50(31-43)67(7)66-57(47)70-28-22-36(2)65-39(70)5/h9-13,16-17,20-21,30-31,37,41-42,46,64-65H,2,4-5,8,14-15,18-19,22-29,32-35H2,1,3,6-7H3,(H2,63,71). The minimum atomic E-state index is -0.779. The molecule has 3 saturated heterocycles. The second-order valence-corrected chi connectivity index (χ2v) is 22.4. The van der Waals surface area contributed by atoms with Crippen LogP contribution in [0.1, 0.15) is 122 Å². The lowest BCUT2D eigenvalue weighted by Crippen LogP contribution is -2.46. The first-order valence-electron chi connectivity index (χ1n) is 26.0. The van der Waals surface area contributed by atoms with Crippen LogP contribution < -0.4 is 21.3 Å². The number of rotatable bonds is 13. The SMILES string of the molecule is C=C1CCN(c2nn(C)c3cc(C4CCN(CC5(C)CCN(C(=C)C6CCC(NCC7(c8ccccc8)Cc8cc(F)c(Cl)c(-c9c(C(N)=O)ccc(CC)c9F)c8C7C)CC6)C5)CC4)ccc23)C(=C)N1. The highest BCUT2D eigenvalue weighted by Crippen LogP contribution is 2.55. The lowest BCUT2D eigenvalue weighted by molar-refractivity contribution is 0.100. The van der Waals surface area contributed by atoms with Crippen LogP contribution >= 0.6 is 11.6 Å². The van der Waals surface area contributed by atoms with Crippen LogP contribution in [0, 0.1) is 23.0 Å². The van der Waals surface area contributed by atoms with Crippen molar-refractivity contribution < 1.29 is 13.6 Å². The van der Waals surface area contributed by atoms with Gasteiger partial charge in [0.2, 0.25) is 5.91 Å². The van der Waals surface area contributed by atoms with Crippen molar-refractivity contribution in [2.24, 2.45) is 24.1 Å². The van der Waals surface area contributed by atoms with Crippen LogP contribution in [0.5, 0.6) is 0 Å². The lowest BCUT2D eigenvalue weighted by Gasteiger charge is -2.40. The summed E-state index contributed by atoms with van der Waals surface area (Å²) in [5, 5.41) is 13.2. The van der Waals surface area contributed by atoms with Gasteiger partial charge in [-0.3, -0.25) is 9.48 Å². The molecule has 3 unspecified atom stereocenters. The van der Waals surface area contributed by atoms with Crippen molar-refractivity contribution in [2.45, 2.75) is 108 Å². The van der Waals surface area contributed by atoms with Gasteiger partial charge in [0, 0.05) is 91.1 Å². The number of nitrogens with one attached hydrogen (secondary N) is 2. The number of halogens is 3. The third kappa shape index (κ3) is 9.09. The van der Waals surface area contributed by atoms with Crippen LogP contribution in [0.4, 0.5) is 14.6 Å². The molecule has 374 valence electrons. The van der Waals surface area contributed by atoms with E-state index in [-0.39, 0.29) is 33.0 Å². The number of anilines is 1. The van der Waals surface area contributed by atoms with E-state index in [2.05, 4.69) is 82.7 Å². The van der Waals surface area contributed by atoms with Gasteiger partial charge in [-0.15, -0.1) is 0 Å². The molecule has 5 aromatic rings. The van der Waals surface area contributed by atoms with Gasteiger partial charge in [0.25, 0.3) is 0 Å². The zero-order valence-corrected chi connectivity index (χ0v) is 42.9. The van der Waals surface area contributed by atoms with Crippen LogP contribution in [0.2, 0.25) is 5.02 Å². The molecule has 0 spiro atoms. The third-order valence-electron chi connectivity index (χ3n) is 17.5. The minimum absolute atomic E-state index is 0.00157. The van der Waals surface area contributed by atoms with Gasteiger partial charge in [0.05, 0.1) is 10.5 Å². The number of hydrogen-bond donors (Lipinski definition) is 3. The predicted molar refractivity (Wildman–Crippen MR) is 285 cm³/mol. The van der Waals surface area contributed by atoms with E-state index >= 15 is 8.78 Å². The van der Waals surface area contributed by atoms with Crippen molar-refractivity contribution in [3.63, 3.8) is 0 Å². The Morgan fingerprint density at radius 1 is 0.972 bits per heavy atom. The fraction of sp³-hybridized carbons (Fsp3) is 0.458. The molecular formula is C59H71ClF2N8O. The maximum absolute atomic E-state index is 16.4. The van der Waals surface area contributed by atoms with E-state index in [4.69, 9.17) is 29.0 Å². The summed E-state index contributed by atoms with van der Waals surface area (Å²) in [4.78, 5) is 20.3. The van der Waals surface area contributed by atoms with Crippen molar-refractivity contribution in [3.8, 4) is 11.1 Å². The molecule has 3 aliphatic heterocycles. The minimum Gasteiger partial charge on any atom is -0.374 e. The Bertz CT molecular complexity index is 2900. The van der Waals surface area contributed by atoms with E-state index < -0.39 is 23.0 Å². The molecule has 4 fully saturated rings. The molecule has 4 heterocycles. The van der Waals surface area contributed by atoms with Gasteiger partial charge in [-0.25, -0.2) is 8.78 Å². The molecular weight excluding hydrogens is 910 g/mol. The number of likely N-dealkylation sites (tertiary alicyclic amines) is 2. The van der Waals surface area contributed by atoms with Gasteiger partial charge >= 0.3 is 0 Å². The van der Waals surface area contributed by atoms with Crippen molar-refractivity contribution in [1.82, 2.24) is 30.2 Å². The summed E-state index contributed by atoms with van der Waals surface area (Å²) >= 11 is 6.84. The number of carbonyl (C=O) groups is 1. The van der Waals surface area contributed by atoms with Crippen LogP contribution in [0.15, 0.2) is 104 Å². The van der Waals surface area contributed by atoms with E-state index in [1.807, 2.05) is 36.9 Å². The highest BCUT2D eigenvalue weighted by atomic mass is 35.5. The van der Waals surface area contributed by atoms with Gasteiger partial charge < -0.3 is 31.1 Å². The number of aryl methyl sites for hydroxylation is 2. The highest BCUT2D eigenvalue weighted by molar-refractivity contribution is 6.34. The van der Waals surface area contributed by atoms with Crippen LogP contribution in [0.3, 0.4) is 0 Å². The topological polar surface area (TPSA) is 94.7 Å². The Hall–Kier alpha value is -5.49. The molecule has 4 N–H and O–H groups in total. The molecule has 4 aromatic carbocycles. The summed E-state index contributed by atoms with van der Waals surface area (Å²) in [5.74, 6) is 0.593. The molecule has 5 aliphatic rings. The normalized spacial score (nSPS) is 25.3. The first-order valence-corrected chi connectivity index (χ1v) is 26.4. The maximum atomic E-state index is 16.4. The Morgan fingerprint density at radius 2 is 1.72 bits per heavy atom. The van der Waals surface area contributed by atoms with E-state index in [1.165, 1.54) is 29.3 Å². The molecule has 0 bridgehead atoms. The Morgan fingerprint density at radius 3 is 2.42 bits per heavy atom. The van der Waals surface area contributed by atoms with Crippen LogP contribution in [0.25, 0.3) is 22.0 Å². The lowest BCUT2D eigenvalue weighted by atomic mass is 9.70. The number of nitrogens with two attached hydrogens (primary N) is 1. The van der Waals surface area contributed by atoms with Crippen molar-refractivity contribution in [2.75, 3.05) is 50.7 Å². The van der Waals surface area contributed by atoms with Crippen molar-refractivity contribution in [3.05, 3.63) is 154 Å². The Labute approximate surface area is 424 Å². The van der Waals surface area contributed by atoms with E-state index in [1.54, 1.807) is 12.1 Å².